The molecule has 0 aliphatic heterocycles. The predicted octanol–water partition coefficient (Wildman–Crippen LogP) is 3.52. The number of nitrogens with zero attached hydrogens (tertiary/aromatic N) is 2. The average molecular weight is 346 g/mol. The van der Waals surface area contributed by atoms with Gasteiger partial charge in [0.15, 0.2) is 5.60 Å². The number of thiazole rings is 1. The van der Waals surface area contributed by atoms with Crippen LogP contribution in [0.1, 0.15) is 31.3 Å². The fourth-order valence-corrected chi connectivity index (χ4v) is 3.03. The van der Waals surface area contributed by atoms with Gasteiger partial charge in [0.05, 0.1) is 22.7 Å². The van der Waals surface area contributed by atoms with Crippen LogP contribution >= 0.6 is 11.3 Å². The van der Waals surface area contributed by atoms with E-state index in [1.165, 1.54) is 23.3 Å². The standard InChI is InChI=1S/C15H17F3N2O2S/c1-9(13-19-10-6-4-5-7-11(10)23-13)20(3)12(21)8-14(2,22)15(16,17)18/h4-7,9,22H,8H2,1-3H3/t9-,14-/m0/s1. The van der Waals surface area contributed by atoms with Gasteiger partial charge in [-0.1, -0.05) is 12.1 Å². The Morgan fingerprint density at radius 1 is 1.39 bits per heavy atom. The molecule has 1 N–H and O–H groups in total. The highest BCUT2D eigenvalue weighted by atomic mass is 32.1. The second-order valence-corrected chi connectivity index (χ2v) is 6.71. The number of amides is 1. The first-order chi connectivity index (χ1) is 10.5. The molecular weight excluding hydrogens is 329 g/mol. The number of para-hydroxylation sites is 1. The number of halogens is 3. The first-order valence-electron chi connectivity index (χ1n) is 6.93. The number of hydrogen-bond donors (Lipinski definition) is 1. The number of carbonyl (C=O) groups is 1. The zero-order valence-corrected chi connectivity index (χ0v) is 13.7. The van der Waals surface area contributed by atoms with Gasteiger partial charge in [-0.3, -0.25) is 4.79 Å². The largest absolute Gasteiger partial charge is 0.417 e. The molecule has 1 heterocycles. The zero-order valence-electron chi connectivity index (χ0n) is 12.9. The molecule has 8 heteroatoms. The van der Waals surface area contributed by atoms with Gasteiger partial charge in [-0.15, -0.1) is 11.3 Å². The monoisotopic (exact) mass is 346 g/mol. The molecule has 0 unspecified atom stereocenters. The van der Waals surface area contributed by atoms with Crippen molar-refractivity contribution in [3.63, 3.8) is 0 Å². The van der Waals surface area contributed by atoms with Gasteiger partial charge in [0.2, 0.25) is 5.91 Å². The maximum Gasteiger partial charge on any atom is 0.417 e. The van der Waals surface area contributed by atoms with E-state index >= 15 is 0 Å². The molecule has 0 aliphatic carbocycles. The van der Waals surface area contributed by atoms with Gasteiger partial charge in [0.25, 0.3) is 0 Å². The SMILES string of the molecule is C[C@@H](c1nc2ccccc2s1)N(C)C(=O)C[C@](C)(O)C(F)(F)F. The van der Waals surface area contributed by atoms with Crippen molar-refractivity contribution in [1.82, 2.24) is 9.88 Å². The number of alkyl halides is 3. The van der Waals surface area contributed by atoms with Crippen LogP contribution in [0, 0.1) is 0 Å². The molecule has 1 amide bonds. The molecule has 1 aromatic heterocycles. The van der Waals surface area contributed by atoms with Gasteiger partial charge >= 0.3 is 6.18 Å². The summed E-state index contributed by atoms with van der Waals surface area (Å²) in [5.41, 5.74) is -2.27. The molecule has 0 fully saturated rings. The van der Waals surface area contributed by atoms with Crippen LogP contribution < -0.4 is 0 Å². The van der Waals surface area contributed by atoms with Crippen LogP contribution in [0.5, 0.6) is 0 Å². The lowest BCUT2D eigenvalue weighted by atomic mass is 10.0. The summed E-state index contributed by atoms with van der Waals surface area (Å²) in [5.74, 6) is -0.793. The second-order valence-electron chi connectivity index (χ2n) is 5.65. The van der Waals surface area contributed by atoms with Crippen LogP contribution in [-0.2, 0) is 4.79 Å². The Balaban J connectivity index is 2.15. The lowest BCUT2D eigenvalue weighted by Crippen LogP contribution is -2.46. The number of fused-ring (bicyclic) bond motifs is 1. The van der Waals surface area contributed by atoms with Gasteiger partial charge in [0, 0.05) is 7.05 Å². The van der Waals surface area contributed by atoms with E-state index in [-0.39, 0.29) is 0 Å². The summed E-state index contributed by atoms with van der Waals surface area (Å²) in [6.45, 7) is 2.29. The Labute approximate surface area is 135 Å². The molecule has 0 radical (unpaired) electrons. The number of carbonyl (C=O) groups excluding carboxylic acids is 1. The van der Waals surface area contributed by atoms with E-state index in [4.69, 9.17) is 0 Å². The van der Waals surface area contributed by atoms with Gasteiger partial charge in [-0.2, -0.15) is 13.2 Å². The third-order valence-electron chi connectivity index (χ3n) is 3.75. The second kappa shape index (κ2) is 6.09. The summed E-state index contributed by atoms with van der Waals surface area (Å²) in [6, 6.07) is 6.94. The molecule has 4 nitrogen and oxygen atoms in total. The van der Waals surface area contributed by atoms with Crippen molar-refractivity contribution < 1.29 is 23.1 Å². The first kappa shape index (κ1) is 17.7. The van der Waals surface area contributed by atoms with Crippen molar-refractivity contribution in [2.75, 3.05) is 7.05 Å². The van der Waals surface area contributed by atoms with Gasteiger partial charge in [-0.05, 0) is 26.0 Å². The van der Waals surface area contributed by atoms with Crippen LogP contribution in [0.25, 0.3) is 10.2 Å². The molecule has 0 saturated carbocycles. The molecule has 0 spiro atoms. The molecule has 0 bridgehead atoms. The lowest BCUT2D eigenvalue weighted by molar-refractivity contribution is -0.254. The number of aliphatic hydroxyl groups is 1. The summed E-state index contributed by atoms with van der Waals surface area (Å²) in [4.78, 5) is 17.7. The highest BCUT2D eigenvalue weighted by Gasteiger charge is 2.51. The third kappa shape index (κ3) is 3.64. The third-order valence-corrected chi connectivity index (χ3v) is 4.95. The van der Waals surface area contributed by atoms with Gasteiger partial charge in [0.1, 0.15) is 5.01 Å². The highest BCUT2D eigenvalue weighted by molar-refractivity contribution is 7.18. The molecule has 126 valence electrons. The van der Waals surface area contributed by atoms with Gasteiger partial charge < -0.3 is 10.0 Å². The normalized spacial score (nSPS) is 16.1. The van der Waals surface area contributed by atoms with Crippen LogP contribution in [0.2, 0.25) is 0 Å². The summed E-state index contributed by atoms with van der Waals surface area (Å²) < 4.78 is 39.0. The minimum absolute atomic E-state index is 0.482. The molecule has 23 heavy (non-hydrogen) atoms. The maximum atomic E-state index is 12.7. The van der Waals surface area contributed by atoms with Crippen LogP contribution in [0.3, 0.4) is 0 Å². The minimum Gasteiger partial charge on any atom is -0.380 e. The number of hydrogen-bond acceptors (Lipinski definition) is 4. The smallest absolute Gasteiger partial charge is 0.380 e. The van der Waals surface area contributed by atoms with E-state index in [1.807, 2.05) is 24.3 Å². The molecule has 1 aromatic carbocycles. The summed E-state index contributed by atoms with van der Waals surface area (Å²) >= 11 is 1.38. The molecular formula is C15H17F3N2O2S. The molecule has 2 atom stereocenters. The molecule has 0 saturated heterocycles. The van der Waals surface area contributed by atoms with Crippen LogP contribution in [0.15, 0.2) is 24.3 Å². The fraction of sp³-hybridized carbons (Fsp3) is 0.467. The van der Waals surface area contributed by atoms with Gasteiger partial charge in [-0.25, -0.2) is 4.98 Å². The van der Waals surface area contributed by atoms with E-state index in [0.717, 1.165) is 10.2 Å². The van der Waals surface area contributed by atoms with Crippen LogP contribution in [0.4, 0.5) is 13.2 Å². The van der Waals surface area contributed by atoms with Crippen molar-refractivity contribution in [3.05, 3.63) is 29.3 Å². The number of aromatic nitrogens is 1. The van der Waals surface area contributed by atoms with E-state index in [9.17, 15) is 23.1 Å². The first-order valence-corrected chi connectivity index (χ1v) is 7.75. The zero-order chi connectivity index (χ0) is 17.4. The Bertz CT molecular complexity index is 679. The quantitative estimate of drug-likeness (QED) is 0.922. The Kier molecular flexibility index (Phi) is 4.68. The fourth-order valence-electron chi connectivity index (χ4n) is 1.97. The summed E-state index contributed by atoms with van der Waals surface area (Å²) in [7, 11) is 1.41. The predicted molar refractivity (Wildman–Crippen MR) is 82.1 cm³/mol. The van der Waals surface area contributed by atoms with E-state index in [2.05, 4.69) is 4.98 Å². The average Bonchev–Trinajstić information content (AvgIpc) is 2.87. The topological polar surface area (TPSA) is 53.4 Å². The van der Waals surface area contributed by atoms with Crippen molar-refractivity contribution in [2.45, 2.75) is 38.1 Å². The van der Waals surface area contributed by atoms with Crippen molar-refractivity contribution in [3.8, 4) is 0 Å². The maximum absolute atomic E-state index is 12.7. The summed E-state index contributed by atoms with van der Waals surface area (Å²) in [6.07, 6.45) is -5.88. The Morgan fingerprint density at radius 3 is 2.57 bits per heavy atom. The van der Waals surface area contributed by atoms with Crippen molar-refractivity contribution in [2.24, 2.45) is 0 Å². The van der Waals surface area contributed by atoms with E-state index < -0.39 is 30.1 Å². The number of benzene rings is 1. The van der Waals surface area contributed by atoms with Crippen molar-refractivity contribution >= 4 is 27.5 Å². The lowest BCUT2D eigenvalue weighted by Gasteiger charge is -2.30. The van der Waals surface area contributed by atoms with Crippen LogP contribution in [-0.4, -0.2) is 39.7 Å². The van der Waals surface area contributed by atoms with E-state index in [1.54, 1.807) is 6.92 Å². The molecule has 0 aliphatic rings. The highest BCUT2D eigenvalue weighted by Crippen LogP contribution is 2.34. The number of rotatable bonds is 4. The molecule has 2 aromatic rings. The molecule has 2 rings (SSSR count). The summed E-state index contributed by atoms with van der Waals surface area (Å²) in [5, 5.41) is 10.1. The Hall–Kier alpha value is -1.67. The van der Waals surface area contributed by atoms with E-state index in [0.29, 0.717) is 11.9 Å². The van der Waals surface area contributed by atoms with Crippen molar-refractivity contribution in [1.29, 1.82) is 0 Å². The minimum atomic E-state index is -4.86. The Morgan fingerprint density at radius 2 is 2.00 bits per heavy atom.